The number of rotatable bonds is 6. The van der Waals surface area contributed by atoms with Crippen molar-refractivity contribution in [3.8, 4) is 11.5 Å². The van der Waals surface area contributed by atoms with E-state index in [1.165, 1.54) is 0 Å². The van der Waals surface area contributed by atoms with Crippen LogP contribution < -0.4 is 14.9 Å². The number of azo groups is 1. The fourth-order valence-electron chi connectivity index (χ4n) is 1.96. The molecule has 26 heavy (non-hydrogen) atoms. The Morgan fingerprint density at radius 2 is 1.50 bits per heavy atom. The summed E-state index contributed by atoms with van der Waals surface area (Å²) in [6.07, 6.45) is -0.440. The minimum Gasteiger partial charge on any atom is -0.488 e. The lowest BCUT2D eigenvalue weighted by molar-refractivity contribution is 0.262. The maximum Gasteiger partial charge on any atom is 0.207 e. The van der Waals surface area contributed by atoms with Crippen molar-refractivity contribution >= 4 is 52.2 Å². The van der Waals surface area contributed by atoms with E-state index in [0.717, 1.165) is 0 Å². The standard InChI is InChI=1S/C16H12Cl4N4O2/c17-9-1-3-13(11(19)5-9)25-7-15-21-23-16(24-22-15)8-26-14-4-2-10(18)6-12(14)20/h1-6,15,21H,7-8H2. The fraction of sp³-hybridized carbons (Fsp3) is 0.188. The van der Waals surface area contributed by atoms with Crippen LogP contribution >= 0.6 is 46.4 Å². The van der Waals surface area contributed by atoms with Gasteiger partial charge in [0.05, 0.1) is 10.0 Å². The third kappa shape index (κ3) is 5.14. The van der Waals surface area contributed by atoms with Crippen LogP contribution in [-0.4, -0.2) is 25.2 Å². The second-order valence-electron chi connectivity index (χ2n) is 5.14. The van der Waals surface area contributed by atoms with Gasteiger partial charge in [-0.05, 0) is 36.4 Å². The average molecular weight is 434 g/mol. The van der Waals surface area contributed by atoms with E-state index in [-0.39, 0.29) is 13.2 Å². The van der Waals surface area contributed by atoms with Gasteiger partial charge in [-0.15, -0.1) is 5.11 Å². The Kier molecular flexibility index (Phi) is 6.43. The molecule has 10 heteroatoms. The molecule has 0 aliphatic carbocycles. The maximum absolute atomic E-state index is 6.05. The molecule has 0 bridgehead atoms. The molecule has 2 aromatic carbocycles. The Labute approximate surface area is 169 Å². The van der Waals surface area contributed by atoms with Gasteiger partial charge in [-0.2, -0.15) is 10.2 Å². The van der Waals surface area contributed by atoms with Crippen LogP contribution in [-0.2, 0) is 0 Å². The smallest absolute Gasteiger partial charge is 0.207 e. The van der Waals surface area contributed by atoms with Crippen LogP contribution in [0.1, 0.15) is 0 Å². The summed E-state index contributed by atoms with van der Waals surface area (Å²) in [5, 5.41) is 14.1. The summed E-state index contributed by atoms with van der Waals surface area (Å²) in [6.45, 7) is 0.306. The highest BCUT2D eigenvalue weighted by Gasteiger charge is 2.14. The van der Waals surface area contributed by atoms with Crippen molar-refractivity contribution in [2.75, 3.05) is 13.2 Å². The van der Waals surface area contributed by atoms with Crippen LogP contribution in [0.2, 0.25) is 20.1 Å². The van der Waals surface area contributed by atoms with E-state index in [1.807, 2.05) is 0 Å². The van der Waals surface area contributed by atoms with Gasteiger partial charge in [0.1, 0.15) is 18.1 Å². The highest BCUT2D eigenvalue weighted by Crippen LogP contribution is 2.28. The lowest BCUT2D eigenvalue weighted by atomic mass is 10.3. The first-order chi connectivity index (χ1) is 12.5. The predicted octanol–water partition coefficient (Wildman–Crippen LogP) is 5.45. The van der Waals surface area contributed by atoms with Crippen molar-refractivity contribution < 1.29 is 9.47 Å². The van der Waals surface area contributed by atoms with E-state index >= 15 is 0 Å². The molecule has 1 unspecified atom stereocenters. The molecule has 3 rings (SSSR count). The first kappa shape index (κ1) is 19.0. The molecule has 0 radical (unpaired) electrons. The molecule has 1 aliphatic heterocycles. The van der Waals surface area contributed by atoms with Gasteiger partial charge < -0.3 is 9.47 Å². The van der Waals surface area contributed by atoms with Crippen LogP contribution in [0.15, 0.2) is 51.7 Å². The van der Waals surface area contributed by atoms with Gasteiger partial charge >= 0.3 is 0 Å². The van der Waals surface area contributed by atoms with Crippen molar-refractivity contribution in [1.29, 1.82) is 0 Å². The Morgan fingerprint density at radius 3 is 2.04 bits per heavy atom. The monoisotopic (exact) mass is 432 g/mol. The molecule has 0 amide bonds. The largest absolute Gasteiger partial charge is 0.488 e. The summed E-state index contributed by atoms with van der Waals surface area (Å²) >= 11 is 23.8. The topological polar surface area (TPSA) is 67.6 Å². The number of nitrogens with one attached hydrogen (secondary N) is 1. The molecule has 0 fully saturated rings. The number of hydrazone groups is 1. The number of halogens is 4. The molecule has 0 spiro atoms. The van der Waals surface area contributed by atoms with Gasteiger partial charge in [0.25, 0.3) is 0 Å². The maximum atomic E-state index is 6.05. The third-order valence-corrected chi connectivity index (χ3v) is 4.26. The molecular formula is C16H12Cl4N4O2. The van der Waals surface area contributed by atoms with E-state index in [9.17, 15) is 0 Å². The zero-order chi connectivity index (χ0) is 18.5. The van der Waals surface area contributed by atoms with Gasteiger partial charge in [-0.1, -0.05) is 46.4 Å². The number of nitrogens with zero attached hydrogens (tertiary/aromatic N) is 3. The van der Waals surface area contributed by atoms with Gasteiger partial charge in [0, 0.05) is 10.0 Å². The van der Waals surface area contributed by atoms with Gasteiger partial charge in [0.15, 0.2) is 12.8 Å². The Bertz CT molecular complexity index is 860. The predicted molar refractivity (Wildman–Crippen MR) is 103 cm³/mol. The summed E-state index contributed by atoms with van der Waals surface area (Å²) in [5.41, 5.74) is 2.83. The summed E-state index contributed by atoms with van der Waals surface area (Å²) in [6, 6.07) is 9.92. The van der Waals surface area contributed by atoms with E-state index in [2.05, 4.69) is 20.8 Å². The third-order valence-electron chi connectivity index (χ3n) is 3.20. The first-order valence-electron chi connectivity index (χ1n) is 7.40. The molecule has 0 saturated carbocycles. The minimum absolute atomic E-state index is 0.106. The number of amidine groups is 1. The van der Waals surface area contributed by atoms with Crippen molar-refractivity contribution in [1.82, 2.24) is 5.43 Å². The van der Waals surface area contributed by atoms with Crippen LogP contribution in [0.25, 0.3) is 0 Å². The van der Waals surface area contributed by atoms with E-state index in [0.29, 0.717) is 37.4 Å². The van der Waals surface area contributed by atoms with E-state index in [4.69, 9.17) is 55.9 Å². The summed E-state index contributed by atoms with van der Waals surface area (Å²) < 4.78 is 11.1. The quantitative estimate of drug-likeness (QED) is 0.658. The van der Waals surface area contributed by atoms with Crippen molar-refractivity contribution in [2.24, 2.45) is 15.3 Å². The van der Waals surface area contributed by atoms with Crippen molar-refractivity contribution in [3.63, 3.8) is 0 Å². The SMILES string of the molecule is Clc1ccc(OCC2=NNC(COc3ccc(Cl)cc3Cl)N=N2)c(Cl)c1. The van der Waals surface area contributed by atoms with Crippen LogP contribution in [0, 0.1) is 0 Å². The molecule has 2 aromatic rings. The molecule has 1 aliphatic rings. The Hall–Kier alpha value is -1.73. The first-order valence-corrected chi connectivity index (χ1v) is 8.91. The number of ether oxygens (including phenoxy) is 2. The summed E-state index contributed by atoms with van der Waals surface area (Å²) in [7, 11) is 0. The molecule has 1 atom stereocenters. The second kappa shape index (κ2) is 8.77. The zero-order valence-electron chi connectivity index (χ0n) is 13.1. The van der Waals surface area contributed by atoms with Gasteiger partial charge in [-0.3, -0.25) is 5.43 Å². The van der Waals surface area contributed by atoms with E-state index < -0.39 is 6.17 Å². The highest BCUT2D eigenvalue weighted by atomic mass is 35.5. The molecule has 1 heterocycles. The second-order valence-corrected chi connectivity index (χ2v) is 6.82. The van der Waals surface area contributed by atoms with Crippen LogP contribution in [0.3, 0.4) is 0 Å². The van der Waals surface area contributed by atoms with Crippen molar-refractivity contribution in [2.45, 2.75) is 6.17 Å². The van der Waals surface area contributed by atoms with Crippen LogP contribution in [0.4, 0.5) is 0 Å². The minimum atomic E-state index is -0.440. The number of hydrogen-bond acceptors (Lipinski definition) is 6. The van der Waals surface area contributed by atoms with Crippen LogP contribution in [0.5, 0.6) is 11.5 Å². The molecular weight excluding hydrogens is 422 g/mol. The lowest BCUT2D eigenvalue weighted by Crippen LogP contribution is -2.33. The Morgan fingerprint density at radius 1 is 0.885 bits per heavy atom. The van der Waals surface area contributed by atoms with E-state index in [1.54, 1.807) is 36.4 Å². The fourth-order valence-corrected chi connectivity index (χ4v) is 2.89. The summed E-state index contributed by atoms with van der Waals surface area (Å²) in [4.78, 5) is 0. The molecule has 0 saturated heterocycles. The molecule has 1 N–H and O–H groups in total. The molecule has 0 aromatic heterocycles. The normalized spacial score (nSPS) is 16.0. The Balaban J connectivity index is 1.48. The lowest BCUT2D eigenvalue weighted by Gasteiger charge is -2.17. The van der Waals surface area contributed by atoms with Gasteiger partial charge in [-0.25, -0.2) is 0 Å². The molecule has 136 valence electrons. The molecule has 6 nitrogen and oxygen atoms in total. The number of benzene rings is 2. The highest BCUT2D eigenvalue weighted by molar-refractivity contribution is 6.36. The average Bonchev–Trinajstić information content (AvgIpc) is 2.61. The zero-order valence-corrected chi connectivity index (χ0v) is 16.1. The number of hydrogen-bond donors (Lipinski definition) is 1. The van der Waals surface area contributed by atoms with Gasteiger partial charge in [0.2, 0.25) is 5.84 Å². The van der Waals surface area contributed by atoms with Crippen molar-refractivity contribution in [3.05, 3.63) is 56.5 Å². The summed E-state index contributed by atoms with van der Waals surface area (Å²) in [5.74, 6) is 1.36.